The van der Waals surface area contributed by atoms with E-state index in [1.165, 1.54) is 18.2 Å². The van der Waals surface area contributed by atoms with E-state index in [9.17, 15) is 8.78 Å². The molecule has 0 spiro atoms. The Morgan fingerprint density at radius 1 is 1.09 bits per heavy atom. The number of nitrogens with one attached hydrogen (secondary N) is 2. The van der Waals surface area contributed by atoms with Crippen LogP contribution in [0.4, 0.5) is 14.5 Å². The SMILES string of the molecule is CC[C@@H](NC(=S)Nc1c(F)cccc1F)c1ccccc1C. The minimum atomic E-state index is -0.673. The fourth-order valence-electron chi connectivity index (χ4n) is 2.30. The number of benzene rings is 2. The Labute approximate surface area is 134 Å². The van der Waals surface area contributed by atoms with Crippen LogP contribution in [0.3, 0.4) is 0 Å². The van der Waals surface area contributed by atoms with E-state index < -0.39 is 11.6 Å². The van der Waals surface area contributed by atoms with Gasteiger partial charge in [0.25, 0.3) is 0 Å². The van der Waals surface area contributed by atoms with Gasteiger partial charge in [0.15, 0.2) is 5.11 Å². The standard InChI is InChI=1S/C17H18F2N2S/c1-3-15(12-8-5-4-7-11(12)2)20-17(22)21-16-13(18)9-6-10-14(16)19/h4-10,15H,3H2,1-2H3,(H2,20,21,22)/t15-/m1/s1. The second-order valence-electron chi connectivity index (χ2n) is 5.01. The summed E-state index contributed by atoms with van der Waals surface area (Å²) in [7, 11) is 0. The lowest BCUT2D eigenvalue weighted by Gasteiger charge is -2.22. The highest BCUT2D eigenvalue weighted by Gasteiger charge is 2.15. The largest absolute Gasteiger partial charge is 0.356 e. The first-order chi connectivity index (χ1) is 10.5. The molecule has 116 valence electrons. The summed E-state index contributed by atoms with van der Waals surface area (Å²) in [6.45, 7) is 4.04. The average Bonchev–Trinajstić information content (AvgIpc) is 2.49. The second-order valence-corrected chi connectivity index (χ2v) is 5.42. The predicted octanol–water partition coefficient (Wildman–Crippen LogP) is 4.71. The molecule has 0 fully saturated rings. The van der Waals surface area contributed by atoms with Crippen molar-refractivity contribution >= 4 is 23.0 Å². The summed E-state index contributed by atoms with van der Waals surface area (Å²) in [4.78, 5) is 0. The van der Waals surface area contributed by atoms with Crippen LogP contribution < -0.4 is 10.6 Å². The summed E-state index contributed by atoms with van der Waals surface area (Å²) in [5.74, 6) is -1.35. The van der Waals surface area contributed by atoms with Gasteiger partial charge in [-0.05, 0) is 48.8 Å². The van der Waals surface area contributed by atoms with E-state index in [1.54, 1.807) is 0 Å². The number of anilines is 1. The van der Waals surface area contributed by atoms with Crippen LogP contribution in [0.1, 0.15) is 30.5 Å². The van der Waals surface area contributed by atoms with E-state index in [2.05, 4.69) is 10.6 Å². The Morgan fingerprint density at radius 3 is 2.32 bits per heavy atom. The lowest BCUT2D eigenvalue weighted by Crippen LogP contribution is -2.33. The van der Waals surface area contributed by atoms with Gasteiger partial charge in [0.1, 0.15) is 17.3 Å². The van der Waals surface area contributed by atoms with Crippen LogP contribution in [0.5, 0.6) is 0 Å². The lowest BCUT2D eigenvalue weighted by atomic mass is 10.00. The molecule has 0 saturated heterocycles. The van der Waals surface area contributed by atoms with Crippen LogP contribution >= 0.6 is 12.2 Å². The van der Waals surface area contributed by atoms with Crippen molar-refractivity contribution in [3.05, 3.63) is 65.2 Å². The van der Waals surface area contributed by atoms with Gasteiger partial charge in [0, 0.05) is 0 Å². The molecule has 0 heterocycles. The molecular formula is C17H18F2N2S. The molecule has 0 bridgehead atoms. The van der Waals surface area contributed by atoms with Gasteiger partial charge in [-0.3, -0.25) is 0 Å². The topological polar surface area (TPSA) is 24.1 Å². The number of para-hydroxylation sites is 1. The van der Waals surface area contributed by atoms with Gasteiger partial charge in [0.05, 0.1) is 6.04 Å². The van der Waals surface area contributed by atoms with Gasteiger partial charge in [-0.1, -0.05) is 37.3 Å². The van der Waals surface area contributed by atoms with Gasteiger partial charge in [-0.2, -0.15) is 0 Å². The van der Waals surface area contributed by atoms with Crippen LogP contribution in [-0.2, 0) is 0 Å². The van der Waals surface area contributed by atoms with E-state index >= 15 is 0 Å². The molecule has 0 aliphatic heterocycles. The van der Waals surface area contributed by atoms with Crippen LogP contribution in [0.2, 0.25) is 0 Å². The Bertz CT molecular complexity index is 653. The zero-order valence-corrected chi connectivity index (χ0v) is 13.3. The van der Waals surface area contributed by atoms with Gasteiger partial charge in [-0.15, -0.1) is 0 Å². The number of hydrogen-bond donors (Lipinski definition) is 2. The van der Waals surface area contributed by atoms with Crippen molar-refractivity contribution in [3.63, 3.8) is 0 Å². The normalized spacial score (nSPS) is 11.8. The summed E-state index contributed by atoms with van der Waals surface area (Å²) < 4.78 is 27.3. The highest BCUT2D eigenvalue weighted by atomic mass is 32.1. The predicted molar refractivity (Wildman–Crippen MR) is 89.9 cm³/mol. The molecule has 2 aromatic rings. The first-order valence-electron chi connectivity index (χ1n) is 7.10. The number of halogens is 2. The molecule has 1 atom stereocenters. The molecule has 0 amide bonds. The molecule has 0 saturated carbocycles. The van der Waals surface area contributed by atoms with Crippen molar-refractivity contribution < 1.29 is 8.78 Å². The fraction of sp³-hybridized carbons (Fsp3) is 0.235. The maximum Gasteiger partial charge on any atom is 0.171 e. The smallest absolute Gasteiger partial charge is 0.171 e. The van der Waals surface area contributed by atoms with E-state index in [-0.39, 0.29) is 16.8 Å². The quantitative estimate of drug-likeness (QED) is 0.798. The van der Waals surface area contributed by atoms with Gasteiger partial charge >= 0.3 is 0 Å². The molecular weight excluding hydrogens is 302 g/mol. The summed E-state index contributed by atoms with van der Waals surface area (Å²) in [5, 5.41) is 5.91. The third-order valence-electron chi connectivity index (χ3n) is 3.48. The third-order valence-corrected chi connectivity index (χ3v) is 3.70. The Hall–Kier alpha value is -2.01. The van der Waals surface area contributed by atoms with E-state index in [1.807, 2.05) is 38.1 Å². The van der Waals surface area contributed by atoms with Crippen molar-refractivity contribution in [2.45, 2.75) is 26.3 Å². The van der Waals surface area contributed by atoms with Gasteiger partial charge in [-0.25, -0.2) is 8.78 Å². The average molecular weight is 320 g/mol. The highest BCUT2D eigenvalue weighted by Crippen LogP contribution is 2.22. The van der Waals surface area contributed by atoms with Crippen molar-refractivity contribution in [3.8, 4) is 0 Å². The zero-order valence-electron chi connectivity index (χ0n) is 12.5. The van der Waals surface area contributed by atoms with Crippen molar-refractivity contribution in [2.24, 2.45) is 0 Å². The summed E-state index contributed by atoms with van der Waals surface area (Å²) in [6.07, 6.45) is 0.798. The summed E-state index contributed by atoms with van der Waals surface area (Å²) in [6, 6.07) is 11.6. The minimum absolute atomic E-state index is 0.0176. The maximum absolute atomic E-state index is 13.6. The number of rotatable bonds is 4. The fourth-order valence-corrected chi connectivity index (χ4v) is 2.55. The van der Waals surface area contributed by atoms with E-state index in [4.69, 9.17) is 12.2 Å². The second kappa shape index (κ2) is 7.31. The molecule has 0 radical (unpaired) electrons. The van der Waals surface area contributed by atoms with E-state index in [0.717, 1.165) is 17.5 Å². The molecule has 22 heavy (non-hydrogen) atoms. The Morgan fingerprint density at radius 2 is 1.73 bits per heavy atom. The molecule has 0 aliphatic carbocycles. The zero-order chi connectivity index (χ0) is 16.1. The molecule has 2 aromatic carbocycles. The summed E-state index contributed by atoms with van der Waals surface area (Å²) in [5.41, 5.74) is 2.02. The monoisotopic (exact) mass is 320 g/mol. The molecule has 2 nitrogen and oxygen atoms in total. The Kier molecular flexibility index (Phi) is 5.44. The first-order valence-corrected chi connectivity index (χ1v) is 7.50. The minimum Gasteiger partial charge on any atom is -0.356 e. The molecule has 0 aromatic heterocycles. The van der Waals surface area contributed by atoms with Crippen molar-refractivity contribution in [2.75, 3.05) is 5.32 Å². The summed E-state index contributed by atoms with van der Waals surface area (Å²) >= 11 is 5.19. The van der Waals surface area contributed by atoms with Crippen LogP contribution in [0.25, 0.3) is 0 Å². The molecule has 0 aliphatic rings. The van der Waals surface area contributed by atoms with Gasteiger partial charge in [0.2, 0.25) is 0 Å². The Balaban J connectivity index is 2.12. The highest BCUT2D eigenvalue weighted by molar-refractivity contribution is 7.80. The third kappa shape index (κ3) is 3.80. The molecule has 2 rings (SSSR count). The molecule has 5 heteroatoms. The van der Waals surface area contributed by atoms with E-state index in [0.29, 0.717) is 0 Å². The number of hydrogen-bond acceptors (Lipinski definition) is 1. The van der Waals surface area contributed by atoms with Crippen molar-refractivity contribution in [1.82, 2.24) is 5.32 Å². The van der Waals surface area contributed by atoms with Crippen LogP contribution in [0, 0.1) is 18.6 Å². The maximum atomic E-state index is 13.6. The first kappa shape index (κ1) is 16.4. The molecule has 0 unspecified atom stereocenters. The van der Waals surface area contributed by atoms with Crippen LogP contribution in [0.15, 0.2) is 42.5 Å². The molecule has 2 N–H and O–H groups in total. The lowest BCUT2D eigenvalue weighted by molar-refractivity contribution is 0.589. The van der Waals surface area contributed by atoms with Crippen molar-refractivity contribution in [1.29, 1.82) is 0 Å². The van der Waals surface area contributed by atoms with Crippen LogP contribution in [-0.4, -0.2) is 5.11 Å². The number of aryl methyl sites for hydroxylation is 1. The number of thiocarbonyl (C=S) groups is 1. The van der Waals surface area contributed by atoms with Gasteiger partial charge < -0.3 is 10.6 Å².